The van der Waals surface area contributed by atoms with Gasteiger partial charge < -0.3 is 5.32 Å². The summed E-state index contributed by atoms with van der Waals surface area (Å²) < 4.78 is 0. The standard InChI is InChI=1S/C25H18ClN3O5S2/c1-15-3-2-4-18(11-15)27-23(30)14-28-24(31)22(36-25(28)32)13-16-5-10-21(20(12-16)29(33)34)35-19-8-6-17(26)7-9-19/h2-13H,14H2,1H3,(H,27,30)/b22-13-. The maximum atomic E-state index is 12.8. The summed E-state index contributed by atoms with van der Waals surface area (Å²) in [6.07, 6.45) is 1.41. The van der Waals surface area contributed by atoms with E-state index in [2.05, 4.69) is 5.32 Å². The first kappa shape index (κ1) is 25.5. The molecule has 0 saturated carbocycles. The Labute approximate surface area is 219 Å². The molecule has 36 heavy (non-hydrogen) atoms. The summed E-state index contributed by atoms with van der Waals surface area (Å²) in [4.78, 5) is 50.9. The molecule has 0 unspecified atom stereocenters. The molecule has 0 radical (unpaired) electrons. The predicted molar refractivity (Wildman–Crippen MR) is 141 cm³/mol. The molecule has 3 aromatic carbocycles. The lowest BCUT2D eigenvalue weighted by Gasteiger charge is -2.12. The zero-order valence-electron chi connectivity index (χ0n) is 18.8. The van der Waals surface area contributed by atoms with Crippen LogP contribution in [0.25, 0.3) is 6.08 Å². The van der Waals surface area contributed by atoms with Crippen LogP contribution in [-0.2, 0) is 9.59 Å². The van der Waals surface area contributed by atoms with Gasteiger partial charge in [0.15, 0.2) is 0 Å². The Morgan fingerprint density at radius 1 is 1.14 bits per heavy atom. The zero-order chi connectivity index (χ0) is 25.8. The van der Waals surface area contributed by atoms with Crippen molar-refractivity contribution in [1.29, 1.82) is 0 Å². The smallest absolute Gasteiger partial charge is 0.294 e. The van der Waals surface area contributed by atoms with Crippen molar-refractivity contribution in [2.45, 2.75) is 16.7 Å². The van der Waals surface area contributed by atoms with Gasteiger partial charge in [-0.05, 0) is 78.4 Å². The van der Waals surface area contributed by atoms with Gasteiger partial charge >= 0.3 is 0 Å². The number of nitrogens with one attached hydrogen (secondary N) is 1. The van der Waals surface area contributed by atoms with Gasteiger partial charge in [-0.15, -0.1) is 0 Å². The van der Waals surface area contributed by atoms with Crippen molar-refractivity contribution in [1.82, 2.24) is 4.90 Å². The van der Waals surface area contributed by atoms with Crippen molar-refractivity contribution in [2.75, 3.05) is 11.9 Å². The number of nitro groups is 1. The molecule has 0 aliphatic carbocycles. The molecule has 3 aromatic rings. The minimum Gasteiger partial charge on any atom is -0.325 e. The number of hydrogen-bond acceptors (Lipinski definition) is 7. The normalized spacial score (nSPS) is 14.4. The molecule has 11 heteroatoms. The number of halogens is 1. The maximum absolute atomic E-state index is 12.8. The average molecular weight is 540 g/mol. The minimum atomic E-state index is -0.633. The van der Waals surface area contributed by atoms with Crippen LogP contribution in [0.15, 0.2) is 81.4 Å². The first-order chi connectivity index (χ1) is 17.2. The predicted octanol–water partition coefficient (Wildman–Crippen LogP) is 6.38. The molecule has 8 nitrogen and oxygen atoms in total. The third kappa shape index (κ3) is 6.14. The Balaban J connectivity index is 1.49. The number of thioether (sulfide) groups is 1. The van der Waals surface area contributed by atoms with Gasteiger partial charge in [0.1, 0.15) is 6.54 Å². The van der Waals surface area contributed by atoms with Crippen molar-refractivity contribution < 1.29 is 19.3 Å². The number of nitrogens with zero attached hydrogens (tertiary/aromatic N) is 2. The fraction of sp³-hybridized carbons (Fsp3) is 0.0800. The van der Waals surface area contributed by atoms with Gasteiger partial charge in [-0.1, -0.05) is 41.6 Å². The maximum Gasteiger partial charge on any atom is 0.294 e. The van der Waals surface area contributed by atoms with Crippen LogP contribution in [0.3, 0.4) is 0 Å². The molecule has 0 bridgehead atoms. The largest absolute Gasteiger partial charge is 0.325 e. The lowest BCUT2D eigenvalue weighted by atomic mass is 10.2. The molecule has 0 atom stereocenters. The van der Waals surface area contributed by atoms with Crippen LogP contribution in [-0.4, -0.2) is 33.4 Å². The Morgan fingerprint density at radius 2 is 1.89 bits per heavy atom. The van der Waals surface area contributed by atoms with Crippen LogP contribution in [0, 0.1) is 17.0 Å². The van der Waals surface area contributed by atoms with E-state index in [4.69, 9.17) is 11.6 Å². The minimum absolute atomic E-state index is 0.0794. The monoisotopic (exact) mass is 539 g/mol. The molecule has 0 spiro atoms. The molecule has 182 valence electrons. The van der Waals surface area contributed by atoms with E-state index in [-0.39, 0.29) is 10.6 Å². The van der Waals surface area contributed by atoms with E-state index in [1.54, 1.807) is 54.6 Å². The molecular weight excluding hydrogens is 522 g/mol. The fourth-order valence-corrected chi connectivity index (χ4v) is 5.20. The summed E-state index contributed by atoms with van der Waals surface area (Å²) in [5.74, 6) is -1.14. The number of benzene rings is 3. The lowest BCUT2D eigenvalue weighted by molar-refractivity contribution is -0.387. The van der Waals surface area contributed by atoms with Crippen molar-refractivity contribution >= 4 is 69.6 Å². The average Bonchev–Trinajstić information content (AvgIpc) is 3.08. The van der Waals surface area contributed by atoms with Crippen LogP contribution in [0.4, 0.5) is 16.2 Å². The van der Waals surface area contributed by atoms with Crippen LogP contribution in [0.2, 0.25) is 5.02 Å². The van der Waals surface area contributed by atoms with Gasteiger partial charge in [0.25, 0.3) is 16.8 Å². The molecule has 0 aromatic heterocycles. The molecule has 4 rings (SSSR count). The van der Waals surface area contributed by atoms with Gasteiger partial charge in [-0.3, -0.25) is 29.4 Å². The van der Waals surface area contributed by atoms with Crippen LogP contribution in [0.1, 0.15) is 11.1 Å². The molecule has 1 aliphatic rings. The number of rotatable bonds is 7. The van der Waals surface area contributed by atoms with E-state index in [0.717, 1.165) is 15.4 Å². The summed E-state index contributed by atoms with van der Waals surface area (Å²) in [5.41, 5.74) is 1.76. The van der Waals surface area contributed by atoms with E-state index in [1.165, 1.54) is 23.9 Å². The number of carbonyl (C=O) groups excluding carboxylic acids is 3. The number of hydrogen-bond donors (Lipinski definition) is 1. The van der Waals surface area contributed by atoms with E-state index in [9.17, 15) is 24.5 Å². The number of aryl methyl sites for hydroxylation is 1. The van der Waals surface area contributed by atoms with Crippen molar-refractivity contribution in [2.24, 2.45) is 0 Å². The summed E-state index contributed by atoms with van der Waals surface area (Å²) in [6.45, 7) is 1.44. The Kier molecular flexibility index (Phi) is 7.78. The zero-order valence-corrected chi connectivity index (χ0v) is 21.2. The highest BCUT2D eigenvalue weighted by Gasteiger charge is 2.36. The SMILES string of the molecule is Cc1cccc(NC(=O)CN2C(=O)S/C(=C\c3ccc(Sc4ccc(Cl)cc4)c([N+](=O)[O-])c3)C2=O)c1. The Bertz CT molecular complexity index is 1410. The highest BCUT2D eigenvalue weighted by molar-refractivity contribution is 8.18. The molecule has 3 amide bonds. The molecule has 1 N–H and O–H groups in total. The molecule has 1 heterocycles. The van der Waals surface area contributed by atoms with Crippen LogP contribution in [0.5, 0.6) is 0 Å². The van der Waals surface area contributed by atoms with E-state index in [1.807, 2.05) is 13.0 Å². The lowest BCUT2D eigenvalue weighted by Crippen LogP contribution is -2.36. The first-order valence-corrected chi connectivity index (χ1v) is 12.5. The number of carbonyl (C=O) groups is 3. The van der Waals surface area contributed by atoms with Crippen LogP contribution < -0.4 is 5.32 Å². The second-order valence-electron chi connectivity index (χ2n) is 7.73. The molecule has 1 saturated heterocycles. The highest BCUT2D eigenvalue weighted by atomic mass is 35.5. The van der Waals surface area contributed by atoms with Crippen molar-refractivity contribution in [3.8, 4) is 0 Å². The number of anilines is 1. The third-order valence-corrected chi connectivity index (χ3v) is 7.23. The van der Waals surface area contributed by atoms with E-state index < -0.39 is 28.5 Å². The van der Waals surface area contributed by atoms with E-state index >= 15 is 0 Å². The number of amides is 3. The van der Waals surface area contributed by atoms with Gasteiger partial charge in [0.2, 0.25) is 5.91 Å². The van der Waals surface area contributed by atoms with Gasteiger partial charge in [0.05, 0.1) is 14.7 Å². The van der Waals surface area contributed by atoms with Gasteiger partial charge in [0, 0.05) is 21.7 Å². The summed E-state index contributed by atoms with van der Waals surface area (Å²) in [6, 6.07) is 18.6. The number of nitro benzene ring substituents is 1. The first-order valence-electron chi connectivity index (χ1n) is 10.5. The fourth-order valence-electron chi connectivity index (χ4n) is 3.34. The summed E-state index contributed by atoms with van der Waals surface area (Å²) in [5, 5.41) is 14.3. The van der Waals surface area contributed by atoms with E-state index in [0.29, 0.717) is 32.9 Å². The van der Waals surface area contributed by atoms with Crippen molar-refractivity contribution in [3.05, 3.63) is 97.9 Å². The Morgan fingerprint density at radius 3 is 2.58 bits per heavy atom. The summed E-state index contributed by atoms with van der Waals surface area (Å²) in [7, 11) is 0. The number of imide groups is 1. The Hall–Kier alpha value is -3.60. The highest BCUT2D eigenvalue weighted by Crippen LogP contribution is 2.37. The second-order valence-corrected chi connectivity index (χ2v) is 10.3. The molecular formula is C25H18ClN3O5S2. The molecule has 1 aliphatic heterocycles. The van der Waals surface area contributed by atoms with Crippen molar-refractivity contribution in [3.63, 3.8) is 0 Å². The van der Waals surface area contributed by atoms with Gasteiger partial charge in [-0.2, -0.15) is 0 Å². The topological polar surface area (TPSA) is 110 Å². The third-order valence-electron chi connectivity index (χ3n) is 5.00. The quantitative estimate of drug-likeness (QED) is 0.210. The second kappa shape index (κ2) is 11.0. The molecule has 1 fully saturated rings. The van der Waals surface area contributed by atoms with Crippen LogP contribution >= 0.6 is 35.1 Å². The summed E-state index contributed by atoms with van der Waals surface area (Å²) >= 11 is 7.79. The van der Waals surface area contributed by atoms with Gasteiger partial charge in [-0.25, -0.2) is 0 Å².